The summed E-state index contributed by atoms with van der Waals surface area (Å²) in [7, 11) is 0. The van der Waals surface area contributed by atoms with E-state index in [1.807, 2.05) is 6.92 Å². The topological polar surface area (TPSA) is 58.6 Å². The van der Waals surface area contributed by atoms with Crippen molar-refractivity contribution in [3.05, 3.63) is 29.8 Å². The number of ether oxygens (including phenoxy) is 1. The van der Waals surface area contributed by atoms with Gasteiger partial charge in [-0.05, 0) is 43.0 Å². The Bertz CT molecular complexity index is 401. The molecule has 0 saturated heterocycles. The zero-order valence-electron chi connectivity index (χ0n) is 12.6. The van der Waals surface area contributed by atoms with Gasteiger partial charge in [0.15, 0.2) is 0 Å². The largest absolute Gasteiger partial charge is 0.493 e. The highest BCUT2D eigenvalue weighted by Gasteiger charge is 2.07. The lowest BCUT2D eigenvalue weighted by Crippen LogP contribution is -2.26. The molecule has 4 nitrogen and oxygen atoms in total. The smallest absolute Gasteiger partial charge is 0.251 e. The van der Waals surface area contributed by atoms with Gasteiger partial charge in [-0.1, -0.05) is 20.8 Å². The normalized spacial score (nSPS) is 12.2. The maximum absolute atomic E-state index is 11.9. The minimum atomic E-state index is -0.345. The van der Waals surface area contributed by atoms with E-state index < -0.39 is 0 Å². The van der Waals surface area contributed by atoms with E-state index in [1.165, 1.54) is 0 Å². The molecule has 0 aliphatic rings. The zero-order chi connectivity index (χ0) is 15.0. The summed E-state index contributed by atoms with van der Waals surface area (Å²) in [5, 5.41) is 12.2. The molecule has 0 spiro atoms. The third-order valence-corrected chi connectivity index (χ3v) is 2.93. The maximum Gasteiger partial charge on any atom is 0.251 e. The van der Waals surface area contributed by atoms with Crippen LogP contribution in [-0.4, -0.2) is 30.3 Å². The predicted octanol–water partition coefficient (Wildman–Crippen LogP) is 2.61. The van der Waals surface area contributed by atoms with Crippen LogP contribution in [0.4, 0.5) is 0 Å². The Morgan fingerprint density at radius 2 is 1.95 bits per heavy atom. The van der Waals surface area contributed by atoms with Gasteiger partial charge in [-0.2, -0.15) is 0 Å². The van der Waals surface area contributed by atoms with Gasteiger partial charge in [0.2, 0.25) is 0 Å². The molecule has 0 aromatic heterocycles. The van der Waals surface area contributed by atoms with Gasteiger partial charge in [0.1, 0.15) is 5.75 Å². The van der Waals surface area contributed by atoms with Gasteiger partial charge >= 0.3 is 0 Å². The Morgan fingerprint density at radius 3 is 2.50 bits per heavy atom. The summed E-state index contributed by atoms with van der Waals surface area (Å²) >= 11 is 0. The van der Waals surface area contributed by atoms with Crippen LogP contribution in [0.2, 0.25) is 0 Å². The summed E-state index contributed by atoms with van der Waals surface area (Å²) in [5.41, 5.74) is 0.605. The van der Waals surface area contributed by atoms with Crippen molar-refractivity contribution in [2.75, 3.05) is 13.2 Å². The fourth-order valence-corrected chi connectivity index (χ4v) is 1.62. The minimum Gasteiger partial charge on any atom is -0.493 e. The molecular weight excluding hydrogens is 254 g/mol. The van der Waals surface area contributed by atoms with Crippen LogP contribution in [-0.2, 0) is 0 Å². The second-order valence-corrected chi connectivity index (χ2v) is 5.34. The van der Waals surface area contributed by atoms with Gasteiger partial charge in [-0.15, -0.1) is 0 Å². The Morgan fingerprint density at radius 1 is 1.30 bits per heavy atom. The second-order valence-electron chi connectivity index (χ2n) is 5.34. The number of rotatable bonds is 8. The van der Waals surface area contributed by atoms with E-state index in [1.54, 1.807) is 24.3 Å². The number of benzene rings is 1. The summed E-state index contributed by atoms with van der Waals surface area (Å²) < 4.78 is 5.56. The first-order chi connectivity index (χ1) is 9.52. The highest BCUT2D eigenvalue weighted by molar-refractivity contribution is 5.94. The van der Waals surface area contributed by atoms with Crippen LogP contribution in [0.3, 0.4) is 0 Å². The van der Waals surface area contributed by atoms with Crippen molar-refractivity contribution in [2.45, 2.75) is 39.7 Å². The molecule has 0 heterocycles. The first kappa shape index (κ1) is 16.5. The van der Waals surface area contributed by atoms with Crippen molar-refractivity contribution in [1.29, 1.82) is 0 Å². The van der Waals surface area contributed by atoms with E-state index in [0.29, 0.717) is 37.5 Å². The zero-order valence-corrected chi connectivity index (χ0v) is 12.6. The lowest BCUT2D eigenvalue weighted by Gasteiger charge is -2.10. The van der Waals surface area contributed by atoms with E-state index in [2.05, 4.69) is 19.2 Å². The third-order valence-electron chi connectivity index (χ3n) is 2.93. The SMILES string of the molecule is CCC(O)CCNC(=O)c1ccc(OCC(C)C)cc1. The number of hydrogen-bond donors (Lipinski definition) is 2. The molecule has 1 aromatic rings. The molecule has 0 saturated carbocycles. The van der Waals surface area contributed by atoms with Crippen LogP contribution in [0.25, 0.3) is 0 Å². The summed E-state index contributed by atoms with van der Waals surface area (Å²) in [5.74, 6) is 1.13. The van der Waals surface area contributed by atoms with Crippen molar-refractivity contribution in [3.63, 3.8) is 0 Å². The molecule has 1 atom stereocenters. The van der Waals surface area contributed by atoms with Gasteiger partial charge in [0, 0.05) is 12.1 Å². The summed E-state index contributed by atoms with van der Waals surface area (Å²) in [4.78, 5) is 11.9. The maximum atomic E-state index is 11.9. The molecule has 0 radical (unpaired) electrons. The Balaban J connectivity index is 2.41. The molecule has 0 fully saturated rings. The number of hydrogen-bond acceptors (Lipinski definition) is 3. The molecule has 2 N–H and O–H groups in total. The number of nitrogens with one attached hydrogen (secondary N) is 1. The lowest BCUT2D eigenvalue weighted by atomic mass is 10.2. The van der Waals surface area contributed by atoms with Gasteiger partial charge in [-0.3, -0.25) is 4.79 Å². The Labute approximate surface area is 121 Å². The second kappa shape index (κ2) is 8.59. The number of aliphatic hydroxyl groups is 1. The average molecular weight is 279 g/mol. The lowest BCUT2D eigenvalue weighted by molar-refractivity contribution is 0.0942. The van der Waals surface area contributed by atoms with Gasteiger partial charge < -0.3 is 15.2 Å². The number of aliphatic hydroxyl groups excluding tert-OH is 1. The van der Waals surface area contributed by atoms with E-state index in [9.17, 15) is 9.90 Å². The van der Waals surface area contributed by atoms with Crippen LogP contribution in [0, 0.1) is 5.92 Å². The van der Waals surface area contributed by atoms with Crippen LogP contribution < -0.4 is 10.1 Å². The van der Waals surface area contributed by atoms with E-state index in [0.717, 1.165) is 5.75 Å². The number of carbonyl (C=O) groups excluding carboxylic acids is 1. The molecule has 0 aliphatic heterocycles. The molecule has 4 heteroatoms. The third kappa shape index (κ3) is 6.06. The monoisotopic (exact) mass is 279 g/mol. The van der Waals surface area contributed by atoms with Crippen molar-refractivity contribution < 1.29 is 14.6 Å². The molecular formula is C16H25NO3. The van der Waals surface area contributed by atoms with E-state index in [-0.39, 0.29) is 12.0 Å². The fraction of sp³-hybridized carbons (Fsp3) is 0.562. The van der Waals surface area contributed by atoms with Gasteiger partial charge in [-0.25, -0.2) is 0 Å². The molecule has 20 heavy (non-hydrogen) atoms. The quantitative estimate of drug-likeness (QED) is 0.769. The van der Waals surface area contributed by atoms with E-state index >= 15 is 0 Å². The molecule has 0 aliphatic carbocycles. The van der Waals surface area contributed by atoms with Crippen molar-refractivity contribution in [3.8, 4) is 5.75 Å². The van der Waals surface area contributed by atoms with Crippen molar-refractivity contribution in [1.82, 2.24) is 5.32 Å². The van der Waals surface area contributed by atoms with Crippen molar-refractivity contribution in [2.24, 2.45) is 5.92 Å². The molecule has 1 aromatic carbocycles. The van der Waals surface area contributed by atoms with E-state index in [4.69, 9.17) is 4.74 Å². The molecule has 1 amide bonds. The van der Waals surface area contributed by atoms with Gasteiger partial charge in [0.25, 0.3) is 5.91 Å². The Kier molecular flexibility index (Phi) is 7.09. The van der Waals surface area contributed by atoms with Crippen LogP contribution in [0.5, 0.6) is 5.75 Å². The van der Waals surface area contributed by atoms with Gasteiger partial charge in [0.05, 0.1) is 12.7 Å². The molecule has 112 valence electrons. The molecule has 1 unspecified atom stereocenters. The van der Waals surface area contributed by atoms with Crippen LogP contribution in [0.1, 0.15) is 44.0 Å². The summed E-state index contributed by atoms with van der Waals surface area (Å²) in [6, 6.07) is 7.11. The molecule has 0 bridgehead atoms. The number of amides is 1. The number of carbonyl (C=O) groups is 1. The first-order valence-electron chi connectivity index (χ1n) is 7.22. The molecule has 1 rings (SSSR count). The highest BCUT2D eigenvalue weighted by Crippen LogP contribution is 2.13. The minimum absolute atomic E-state index is 0.122. The Hall–Kier alpha value is -1.55. The fourth-order valence-electron chi connectivity index (χ4n) is 1.62. The summed E-state index contributed by atoms with van der Waals surface area (Å²) in [6.07, 6.45) is 0.942. The van der Waals surface area contributed by atoms with Crippen molar-refractivity contribution >= 4 is 5.91 Å². The van der Waals surface area contributed by atoms with Crippen LogP contribution in [0.15, 0.2) is 24.3 Å². The van der Waals surface area contributed by atoms with Crippen LogP contribution >= 0.6 is 0 Å². The average Bonchev–Trinajstić information content (AvgIpc) is 2.45. The summed E-state index contributed by atoms with van der Waals surface area (Å²) in [6.45, 7) is 7.25. The highest BCUT2D eigenvalue weighted by atomic mass is 16.5. The predicted molar refractivity (Wildman–Crippen MR) is 80.0 cm³/mol. The standard InChI is InChI=1S/C16H25NO3/c1-4-14(18)9-10-17-16(19)13-5-7-15(8-6-13)20-11-12(2)3/h5-8,12,14,18H,4,9-11H2,1-3H3,(H,17,19). The first-order valence-corrected chi connectivity index (χ1v) is 7.22.